The first-order chi connectivity index (χ1) is 6.74. The first-order valence-corrected chi connectivity index (χ1v) is 4.76. The molecule has 4 heteroatoms. The van der Waals surface area contributed by atoms with E-state index in [0.717, 1.165) is 18.6 Å². The largest absolute Gasteiger partial charge is 0.488 e. The minimum atomic E-state index is -1.39. The van der Waals surface area contributed by atoms with Crippen LogP contribution in [-0.4, -0.2) is 23.8 Å². The summed E-state index contributed by atoms with van der Waals surface area (Å²) in [5.41, 5.74) is 1.55. The second kappa shape index (κ2) is 5.80. The van der Waals surface area contributed by atoms with Gasteiger partial charge in [0, 0.05) is 6.61 Å². The lowest BCUT2D eigenvalue weighted by molar-refractivity contribution is 0.121. The van der Waals surface area contributed by atoms with Gasteiger partial charge < -0.3 is 14.8 Å². The van der Waals surface area contributed by atoms with Gasteiger partial charge in [0.1, 0.15) is 0 Å². The molecular weight excluding hydrogens is 179 g/mol. The van der Waals surface area contributed by atoms with Gasteiger partial charge in [-0.1, -0.05) is 31.2 Å². The molecule has 0 aliphatic rings. The topological polar surface area (TPSA) is 49.7 Å². The summed E-state index contributed by atoms with van der Waals surface area (Å²) in [5.74, 6) is 0. The lowest BCUT2D eigenvalue weighted by Gasteiger charge is -2.04. The summed E-state index contributed by atoms with van der Waals surface area (Å²) in [6.07, 6.45) is 1.01. The molecule has 0 saturated carbocycles. The van der Waals surface area contributed by atoms with Gasteiger partial charge in [0.2, 0.25) is 0 Å². The van der Waals surface area contributed by atoms with Crippen molar-refractivity contribution in [1.29, 1.82) is 0 Å². The van der Waals surface area contributed by atoms with Gasteiger partial charge >= 0.3 is 7.12 Å². The van der Waals surface area contributed by atoms with Crippen molar-refractivity contribution < 1.29 is 14.8 Å². The molecule has 0 heterocycles. The van der Waals surface area contributed by atoms with Gasteiger partial charge in [0.05, 0.1) is 6.61 Å². The standard InChI is InChI=1S/C10H15BO3/c1-2-7-14-8-9-3-5-10(6-4-9)11(12)13/h3-6,12-13H,2,7-8H2,1H3. The summed E-state index contributed by atoms with van der Waals surface area (Å²) in [4.78, 5) is 0. The molecule has 0 atom stereocenters. The third kappa shape index (κ3) is 3.50. The highest BCUT2D eigenvalue weighted by molar-refractivity contribution is 6.58. The van der Waals surface area contributed by atoms with Gasteiger partial charge in [-0.05, 0) is 17.4 Å². The Bertz CT molecular complexity index is 259. The number of ether oxygens (including phenoxy) is 1. The van der Waals surface area contributed by atoms with Crippen molar-refractivity contribution in [3.8, 4) is 0 Å². The highest BCUT2D eigenvalue weighted by atomic mass is 16.5. The predicted octanol–water partition coefficient (Wildman–Crippen LogP) is 0.293. The quantitative estimate of drug-likeness (QED) is 0.523. The average molecular weight is 194 g/mol. The van der Waals surface area contributed by atoms with Gasteiger partial charge in [0.15, 0.2) is 0 Å². The van der Waals surface area contributed by atoms with Crippen molar-refractivity contribution in [3.63, 3.8) is 0 Å². The average Bonchev–Trinajstić information content (AvgIpc) is 2.19. The minimum Gasteiger partial charge on any atom is -0.423 e. The Morgan fingerprint density at radius 3 is 2.36 bits per heavy atom. The summed E-state index contributed by atoms with van der Waals surface area (Å²) in [5, 5.41) is 17.7. The molecule has 0 aliphatic carbocycles. The van der Waals surface area contributed by atoms with Crippen molar-refractivity contribution in [3.05, 3.63) is 29.8 Å². The molecule has 14 heavy (non-hydrogen) atoms. The van der Waals surface area contributed by atoms with Crippen molar-refractivity contribution >= 4 is 12.6 Å². The molecule has 0 radical (unpaired) electrons. The Morgan fingerprint density at radius 1 is 1.21 bits per heavy atom. The smallest absolute Gasteiger partial charge is 0.423 e. The maximum absolute atomic E-state index is 8.85. The molecule has 0 saturated heterocycles. The molecule has 3 nitrogen and oxygen atoms in total. The highest BCUT2D eigenvalue weighted by Crippen LogP contribution is 2.00. The number of hydrogen-bond donors (Lipinski definition) is 2. The van der Waals surface area contributed by atoms with Crippen LogP contribution in [0.3, 0.4) is 0 Å². The van der Waals surface area contributed by atoms with Crippen LogP contribution in [0.4, 0.5) is 0 Å². The van der Waals surface area contributed by atoms with E-state index >= 15 is 0 Å². The Morgan fingerprint density at radius 2 is 1.86 bits per heavy atom. The van der Waals surface area contributed by atoms with Crippen LogP contribution in [0.5, 0.6) is 0 Å². The zero-order valence-corrected chi connectivity index (χ0v) is 8.31. The first-order valence-electron chi connectivity index (χ1n) is 4.76. The minimum absolute atomic E-state index is 0.504. The molecule has 1 aromatic carbocycles. The third-order valence-electron chi connectivity index (χ3n) is 1.90. The predicted molar refractivity (Wildman–Crippen MR) is 56.2 cm³/mol. The van der Waals surface area contributed by atoms with Crippen molar-refractivity contribution in [2.24, 2.45) is 0 Å². The molecule has 0 unspecified atom stereocenters. The Kier molecular flexibility index (Phi) is 4.66. The van der Waals surface area contributed by atoms with E-state index in [1.807, 2.05) is 12.1 Å². The third-order valence-corrected chi connectivity index (χ3v) is 1.90. The van der Waals surface area contributed by atoms with Gasteiger partial charge in [-0.3, -0.25) is 0 Å². The van der Waals surface area contributed by atoms with Crippen LogP contribution in [0.15, 0.2) is 24.3 Å². The molecule has 0 bridgehead atoms. The Balaban J connectivity index is 2.47. The van der Waals surface area contributed by atoms with E-state index < -0.39 is 7.12 Å². The highest BCUT2D eigenvalue weighted by Gasteiger charge is 2.09. The molecule has 76 valence electrons. The molecular formula is C10H15BO3. The van der Waals surface area contributed by atoms with Gasteiger partial charge in [0.25, 0.3) is 0 Å². The van der Waals surface area contributed by atoms with E-state index in [1.54, 1.807) is 12.1 Å². The SMILES string of the molecule is CCCOCc1ccc(B(O)O)cc1. The van der Waals surface area contributed by atoms with Crippen LogP contribution in [-0.2, 0) is 11.3 Å². The summed E-state index contributed by atoms with van der Waals surface area (Å²) in [6.45, 7) is 3.39. The van der Waals surface area contributed by atoms with Gasteiger partial charge in [-0.2, -0.15) is 0 Å². The van der Waals surface area contributed by atoms with E-state index in [4.69, 9.17) is 14.8 Å². The number of hydrogen-bond acceptors (Lipinski definition) is 3. The maximum atomic E-state index is 8.85. The molecule has 0 aliphatic heterocycles. The Hall–Kier alpha value is -0.835. The molecule has 0 fully saturated rings. The van der Waals surface area contributed by atoms with Gasteiger partial charge in [-0.25, -0.2) is 0 Å². The van der Waals surface area contributed by atoms with Crippen LogP contribution < -0.4 is 5.46 Å². The first kappa shape index (κ1) is 11.2. The second-order valence-electron chi connectivity index (χ2n) is 3.17. The van der Waals surface area contributed by atoms with E-state index in [2.05, 4.69) is 6.92 Å². The lowest BCUT2D eigenvalue weighted by atomic mass is 9.80. The molecule has 1 aromatic rings. The summed E-state index contributed by atoms with van der Waals surface area (Å²) in [7, 11) is -1.39. The normalized spacial score (nSPS) is 10.2. The van der Waals surface area contributed by atoms with E-state index in [1.165, 1.54) is 0 Å². The lowest BCUT2D eigenvalue weighted by Crippen LogP contribution is -2.29. The second-order valence-corrected chi connectivity index (χ2v) is 3.17. The molecule has 2 N–H and O–H groups in total. The van der Waals surface area contributed by atoms with Crippen molar-refractivity contribution in [2.75, 3.05) is 6.61 Å². The van der Waals surface area contributed by atoms with Crippen LogP contribution in [0.25, 0.3) is 0 Å². The monoisotopic (exact) mass is 194 g/mol. The molecule has 0 amide bonds. The summed E-state index contributed by atoms with van der Waals surface area (Å²) < 4.78 is 5.34. The van der Waals surface area contributed by atoms with Crippen molar-refractivity contribution in [1.82, 2.24) is 0 Å². The molecule has 0 spiro atoms. The fourth-order valence-corrected chi connectivity index (χ4v) is 1.12. The number of rotatable bonds is 5. The fourth-order valence-electron chi connectivity index (χ4n) is 1.12. The van der Waals surface area contributed by atoms with Crippen LogP contribution >= 0.6 is 0 Å². The summed E-state index contributed by atoms with van der Waals surface area (Å²) >= 11 is 0. The van der Waals surface area contributed by atoms with Crippen LogP contribution in [0.1, 0.15) is 18.9 Å². The van der Waals surface area contributed by atoms with Crippen LogP contribution in [0.2, 0.25) is 0 Å². The zero-order chi connectivity index (χ0) is 10.4. The zero-order valence-electron chi connectivity index (χ0n) is 8.31. The molecule has 0 aromatic heterocycles. The van der Waals surface area contributed by atoms with Gasteiger partial charge in [-0.15, -0.1) is 0 Å². The van der Waals surface area contributed by atoms with E-state index in [9.17, 15) is 0 Å². The Labute approximate surface area is 84.5 Å². The summed E-state index contributed by atoms with van der Waals surface area (Å²) in [6, 6.07) is 7.06. The maximum Gasteiger partial charge on any atom is 0.488 e. The fraction of sp³-hybridized carbons (Fsp3) is 0.400. The van der Waals surface area contributed by atoms with Crippen molar-refractivity contribution in [2.45, 2.75) is 20.0 Å². The van der Waals surface area contributed by atoms with E-state index in [-0.39, 0.29) is 0 Å². The van der Waals surface area contributed by atoms with E-state index in [0.29, 0.717) is 12.1 Å². The van der Waals surface area contributed by atoms with Crippen LogP contribution in [0, 0.1) is 0 Å². The molecule has 1 rings (SSSR count). The number of benzene rings is 1.